The van der Waals surface area contributed by atoms with E-state index in [1.54, 1.807) is 49.6 Å². The summed E-state index contributed by atoms with van der Waals surface area (Å²) in [5.41, 5.74) is 1.60. The zero-order chi connectivity index (χ0) is 20.3. The van der Waals surface area contributed by atoms with E-state index in [1.165, 1.54) is 18.5 Å². The Bertz CT molecular complexity index is 1060. The van der Waals surface area contributed by atoms with Gasteiger partial charge in [0.15, 0.2) is 0 Å². The van der Waals surface area contributed by atoms with Crippen molar-refractivity contribution < 1.29 is 22.4 Å². The lowest BCUT2D eigenvalue weighted by atomic mass is 10.2. The Balaban J connectivity index is 1.82. The minimum atomic E-state index is -3.67. The number of sulfonamides is 1. The Morgan fingerprint density at radius 2 is 1.79 bits per heavy atom. The van der Waals surface area contributed by atoms with Crippen molar-refractivity contribution in [3.8, 4) is 22.9 Å². The van der Waals surface area contributed by atoms with E-state index in [4.69, 9.17) is 14.0 Å². The quantitative estimate of drug-likeness (QED) is 0.599. The van der Waals surface area contributed by atoms with Crippen LogP contribution in [0, 0.1) is 6.92 Å². The van der Waals surface area contributed by atoms with Crippen LogP contribution in [-0.4, -0.2) is 44.1 Å². The molecular formula is C19H21N3O5S. The number of rotatable bonds is 7. The molecule has 0 aliphatic carbocycles. The van der Waals surface area contributed by atoms with Crippen molar-refractivity contribution in [2.45, 2.75) is 18.4 Å². The van der Waals surface area contributed by atoms with Gasteiger partial charge in [-0.2, -0.15) is 9.29 Å². The first-order chi connectivity index (χ1) is 13.3. The highest BCUT2D eigenvalue weighted by Crippen LogP contribution is 2.31. The molecule has 0 saturated heterocycles. The number of aromatic nitrogens is 2. The molecule has 8 nitrogen and oxygen atoms in total. The number of benzene rings is 2. The van der Waals surface area contributed by atoms with Crippen LogP contribution in [0.5, 0.6) is 11.5 Å². The molecule has 1 heterocycles. The zero-order valence-corrected chi connectivity index (χ0v) is 16.9. The molecule has 28 heavy (non-hydrogen) atoms. The Morgan fingerprint density at radius 3 is 2.43 bits per heavy atom. The molecule has 0 amide bonds. The molecule has 0 bridgehead atoms. The lowest BCUT2D eigenvalue weighted by Gasteiger charge is -2.15. The lowest BCUT2D eigenvalue weighted by molar-refractivity contribution is 0.336. The summed E-state index contributed by atoms with van der Waals surface area (Å²) in [4.78, 5) is 4.51. The number of methoxy groups -OCH3 is 2. The molecule has 9 heteroatoms. The Kier molecular flexibility index (Phi) is 5.66. The minimum Gasteiger partial charge on any atom is -0.497 e. The maximum Gasteiger partial charge on any atom is 0.243 e. The smallest absolute Gasteiger partial charge is 0.243 e. The average molecular weight is 403 g/mol. The molecule has 3 rings (SSSR count). The number of ether oxygens (including phenoxy) is 2. The molecule has 0 fully saturated rings. The van der Waals surface area contributed by atoms with Gasteiger partial charge in [-0.15, -0.1) is 0 Å². The highest BCUT2D eigenvalue weighted by Gasteiger charge is 2.23. The van der Waals surface area contributed by atoms with Crippen molar-refractivity contribution in [3.05, 3.63) is 53.9 Å². The number of nitrogens with zero attached hydrogens (tertiary/aromatic N) is 3. The summed E-state index contributed by atoms with van der Waals surface area (Å²) >= 11 is 0. The standard InChI is InChI=1S/C19H21N3O5S/c1-13-5-8-15(9-6-13)28(23,24)22(2)12-18-20-19(21-27-18)16-10-7-14(25-3)11-17(16)26-4/h5-11H,12H2,1-4H3. The van der Waals surface area contributed by atoms with E-state index < -0.39 is 10.0 Å². The Hall–Kier alpha value is -2.91. The fourth-order valence-corrected chi connectivity index (χ4v) is 3.70. The van der Waals surface area contributed by atoms with Gasteiger partial charge in [-0.3, -0.25) is 0 Å². The van der Waals surface area contributed by atoms with E-state index in [9.17, 15) is 8.42 Å². The molecule has 0 radical (unpaired) electrons. The van der Waals surface area contributed by atoms with E-state index in [0.29, 0.717) is 22.9 Å². The highest BCUT2D eigenvalue weighted by molar-refractivity contribution is 7.89. The summed E-state index contributed by atoms with van der Waals surface area (Å²) in [7, 11) is 0.888. The van der Waals surface area contributed by atoms with Gasteiger partial charge in [0.2, 0.25) is 21.7 Å². The van der Waals surface area contributed by atoms with Gasteiger partial charge in [0.25, 0.3) is 0 Å². The number of hydrogen-bond donors (Lipinski definition) is 0. The van der Waals surface area contributed by atoms with E-state index in [-0.39, 0.29) is 17.3 Å². The largest absolute Gasteiger partial charge is 0.497 e. The summed E-state index contributed by atoms with van der Waals surface area (Å²) in [5.74, 6) is 1.63. The molecular weight excluding hydrogens is 382 g/mol. The molecule has 0 spiro atoms. The zero-order valence-electron chi connectivity index (χ0n) is 16.0. The fourth-order valence-electron chi connectivity index (χ4n) is 2.58. The molecule has 3 aromatic rings. The first-order valence-corrected chi connectivity index (χ1v) is 9.87. The van der Waals surface area contributed by atoms with Crippen molar-refractivity contribution in [1.29, 1.82) is 0 Å². The van der Waals surface area contributed by atoms with Crippen LogP contribution in [0.2, 0.25) is 0 Å². The summed E-state index contributed by atoms with van der Waals surface area (Å²) in [6.07, 6.45) is 0. The number of aryl methyl sites for hydroxylation is 1. The second-order valence-corrected chi connectivity index (χ2v) is 8.20. The maximum atomic E-state index is 12.7. The van der Waals surface area contributed by atoms with E-state index in [2.05, 4.69) is 10.1 Å². The summed E-state index contributed by atoms with van der Waals surface area (Å²) in [5, 5.41) is 3.94. The second-order valence-electron chi connectivity index (χ2n) is 6.15. The molecule has 1 aromatic heterocycles. The maximum absolute atomic E-state index is 12.7. The molecule has 0 aliphatic rings. The SMILES string of the molecule is COc1ccc(-c2noc(CN(C)S(=O)(=O)c3ccc(C)cc3)n2)c(OC)c1. The van der Waals surface area contributed by atoms with Crippen molar-refractivity contribution in [3.63, 3.8) is 0 Å². The molecule has 148 valence electrons. The molecule has 2 aromatic carbocycles. The van der Waals surface area contributed by atoms with Gasteiger partial charge in [0.05, 0.1) is 31.2 Å². The van der Waals surface area contributed by atoms with Gasteiger partial charge in [0, 0.05) is 13.1 Å². The van der Waals surface area contributed by atoms with E-state index in [0.717, 1.165) is 5.56 Å². The summed E-state index contributed by atoms with van der Waals surface area (Å²) in [6, 6.07) is 11.9. The average Bonchev–Trinajstić information content (AvgIpc) is 3.15. The van der Waals surface area contributed by atoms with Crippen molar-refractivity contribution >= 4 is 10.0 Å². The van der Waals surface area contributed by atoms with Gasteiger partial charge in [-0.05, 0) is 31.2 Å². The van der Waals surface area contributed by atoms with Gasteiger partial charge >= 0.3 is 0 Å². The highest BCUT2D eigenvalue weighted by atomic mass is 32.2. The summed E-state index contributed by atoms with van der Waals surface area (Å²) in [6.45, 7) is 1.84. The minimum absolute atomic E-state index is 0.0539. The van der Waals surface area contributed by atoms with Crippen molar-refractivity contribution in [1.82, 2.24) is 14.4 Å². The fraction of sp³-hybridized carbons (Fsp3) is 0.263. The van der Waals surface area contributed by atoms with Crippen molar-refractivity contribution in [2.24, 2.45) is 0 Å². The predicted octanol–water partition coefficient (Wildman–Crippen LogP) is 2.88. The third kappa shape index (κ3) is 4.00. The number of hydrogen-bond acceptors (Lipinski definition) is 7. The van der Waals surface area contributed by atoms with Crippen LogP contribution in [0.1, 0.15) is 11.5 Å². The summed E-state index contributed by atoms with van der Waals surface area (Å²) < 4.78 is 42.3. The molecule has 0 atom stereocenters. The van der Waals surface area contributed by atoms with Gasteiger partial charge in [-0.25, -0.2) is 8.42 Å². The van der Waals surface area contributed by atoms with Crippen LogP contribution in [0.3, 0.4) is 0 Å². The van der Waals surface area contributed by atoms with E-state index in [1.807, 2.05) is 6.92 Å². The molecule has 0 N–H and O–H groups in total. The molecule has 0 unspecified atom stereocenters. The predicted molar refractivity (Wildman–Crippen MR) is 103 cm³/mol. The van der Waals surface area contributed by atoms with Crippen LogP contribution < -0.4 is 9.47 Å². The van der Waals surface area contributed by atoms with Gasteiger partial charge in [0.1, 0.15) is 11.5 Å². The topological polar surface area (TPSA) is 94.8 Å². The lowest BCUT2D eigenvalue weighted by Crippen LogP contribution is -2.26. The molecule has 0 aliphatic heterocycles. The van der Waals surface area contributed by atoms with Gasteiger partial charge < -0.3 is 14.0 Å². The van der Waals surface area contributed by atoms with Crippen molar-refractivity contribution in [2.75, 3.05) is 21.3 Å². The van der Waals surface area contributed by atoms with Crippen LogP contribution in [0.25, 0.3) is 11.4 Å². The van der Waals surface area contributed by atoms with Crippen LogP contribution in [0.4, 0.5) is 0 Å². The van der Waals surface area contributed by atoms with Crippen LogP contribution in [-0.2, 0) is 16.6 Å². The molecule has 0 saturated carbocycles. The normalized spacial score (nSPS) is 11.6. The first-order valence-electron chi connectivity index (χ1n) is 8.43. The van der Waals surface area contributed by atoms with Crippen LogP contribution >= 0.6 is 0 Å². The van der Waals surface area contributed by atoms with Gasteiger partial charge in [-0.1, -0.05) is 22.9 Å². The van der Waals surface area contributed by atoms with Crippen LogP contribution in [0.15, 0.2) is 51.9 Å². The third-order valence-corrected chi connectivity index (χ3v) is 6.02. The second kappa shape index (κ2) is 7.99. The first kappa shape index (κ1) is 19.8. The van der Waals surface area contributed by atoms with E-state index >= 15 is 0 Å². The Morgan fingerprint density at radius 1 is 1.07 bits per heavy atom. The monoisotopic (exact) mass is 403 g/mol. The third-order valence-electron chi connectivity index (χ3n) is 4.20. The Labute approximate surface area is 163 Å².